The quantitative estimate of drug-likeness (QED) is 0.784. The van der Waals surface area contributed by atoms with Crippen molar-refractivity contribution in [3.05, 3.63) is 28.8 Å². The molecule has 0 spiro atoms. The Labute approximate surface area is 116 Å². The highest BCUT2D eigenvalue weighted by molar-refractivity contribution is 6.33. The molecule has 6 heteroatoms. The molecule has 1 heterocycles. The first-order valence-electron chi connectivity index (χ1n) is 5.94. The van der Waals surface area contributed by atoms with Crippen molar-refractivity contribution in [3.63, 3.8) is 0 Å². The van der Waals surface area contributed by atoms with Gasteiger partial charge in [0.1, 0.15) is 5.75 Å². The highest BCUT2D eigenvalue weighted by Crippen LogP contribution is 2.21. The molecule has 19 heavy (non-hydrogen) atoms. The first kappa shape index (κ1) is 13.8. The number of amides is 1. The summed E-state index contributed by atoms with van der Waals surface area (Å²) in [5.41, 5.74) is 0.397. The Morgan fingerprint density at radius 3 is 2.79 bits per heavy atom. The van der Waals surface area contributed by atoms with Gasteiger partial charge in [0.2, 0.25) is 0 Å². The number of hydrogen-bond acceptors (Lipinski definition) is 4. The summed E-state index contributed by atoms with van der Waals surface area (Å²) in [6.45, 7) is 2.26. The number of ether oxygens (including phenoxy) is 2. The van der Waals surface area contributed by atoms with Gasteiger partial charge >= 0.3 is 0 Å². The predicted octanol–water partition coefficient (Wildman–Crippen LogP) is 1.39. The van der Waals surface area contributed by atoms with Gasteiger partial charge < -0.3 is 14.4 Å². The van der Waals surface area contributed by atoms with E-state index in [1.54, 1.807) is 17.0 Å². The molecule has 0 aromatic heterocycles. The maximum Gasteiger partial charge on any atom is 0.260 e. The molecule has 0 saturated carbocycles. The van der Waals surface area contributed by atoms with Crippen LogP contribution in [0.2, 0.25) is 5.02 Å². The molecule has 1 fully saturated rings. The fourth-order valence-corrected chi connectivity index (χ4v) is 1.96. The summed E-state index contributed by atoms with van der Waals surface area (Å²) in [5.74, 6) is 0.385. The van der Waals surface area contributed by atoms with Crippen LogP contribution in [-0.4, -0.2) is 50.0 Å². The topological polar surface area (TPSA) is 55.8 Å². The smallest absolute Gasteiger partial charge is 0.260 e. The summed E-state index contributed by atoms with van der Waals surface area (Å²) in [6, 6.07) is 4.70. The van der Waals surface area contributed by atoms with Gasteiger partial charge in [0.05, 0.1) is 18.2 Å². The molecule has 0 unspecified atom stereocenters. The molecular formula is C13H14ClNO4. The van der Waals surface area contributed by atoms with Crippen molar-refractivity contribution < 1.29 is 19.1 Å². The van der Waals surface area contributed by atoms with Crippen LogP contribution in [0.1, 0.15) is 10.4 Å². The maximum atomic E-state index is 11.8. The summed E-state index contributed by atoms with van der Waals surface area (Å²) in [6.07, 6.45) is 0.672. The zero-order valence-electron chi connectivity index (χ0n) is 10.3. The van der Waals surface area contributed by atoms with E-state index in [-0.39, 0.29) is 12.5 Å². The van der Waals surface area contributed by atoms with E-state index in [1.165, 1.54) is 6.07 Å². The molecule has 1 aliphatic rings. The Hall–Kier alpha value is -1.59. The van der Waals surface area contributed by atoms with Gasteiger partial charge in [0.15, 0.2) is 12.9 Å². The van der Waals surface area contributed by atoms with Crippen LogP contribution in [0.15, 0.2) is 18.2 Å². The van der Waals surface area contributed by atoms with Crippen molar-refractivity contribution in [2.24, 2.45) is 0 Å². The van der Waals surface area contributed by atoms with Gasteiger partial charge in [0.25, 0.3) is 5.91 Å². The molecule has 0 atom stereocenters. The first-order valence-corrected chi connectivity index (χ1v) is 6.31. The lowest BCUT2D eigenvalue weighted by atomic mass is 10.2. The predicted molar refractivity (Wildman–Crippen MR) is 69.7 cm³/mol. The number of halogens is 1. The summed E-state index contributed by atoms with van der Waals surface area (Å²) in [4.78, 5) is 24.1. The molecule has 102 valence electrons. The van der Waals surface area contributed by atoms with Gasteiger partial charge in [-0.1, -0.05) is 11.6 Å². The average Bonchev–Trinajstić information content (AvgIpc) is 2.46. The summed E-state index contributed by atoms with van der Waals surface area (Å²) in [7, 11) is 0. The minimum Gasteiger partial charge on any atom is -0.484 e. The van der Waals surface area contributed by atoms with Gasteiger partial charge in [-0.25, -0.2) is 0 Å². The van der Waals surface area contributed by atoms with Crippen molar-refractivity contribution in [1.29, 1.82) is 0 Å². The third kappa shape index (κ3) is 3.68. The van der Waals surface area contributed by atoms with E-state index in [0.29, 0.717) is 48.9 Å². The van der Waals surface area contributed by atoms with Crippen molar-refractivity contribution >= 4 is 23.8 Å². The number of benzene rings is 1. The standard InChI is InChI=1S/C13H14ClNO4/c14-12-7-11(2-1-10(12)8-16)19-9-13(17)15-3-5-18-6-4-15/h1-2,7-8H,3-6,9H2. The zero-order chi connectivity index (χ0) is 13.7. The number of rotatable bonds is 4. The van der Waals surface area contributed by atoms with E-state index in [2.05, 4.69) is 0 Å². The van der Waals surface area contributed by atoms with E-state index in [9.17, 15) is 9.59 Å². The van der Waals surface area contributed by atoms with E-state index < -0.39 is 0 Å². The van der Waals surface area contributed by atoms with Gasteiger partial charge in [-0.05, 0) is 18.2 Å². The second-order valence-corrected chi connectivity index (χ2v) is 4.49. The van der Waals surface area contributed by atoms with Crippen LogP contribution < -0.4 is 4.74 Å². The highest BCUT2D eigenvalue weighted by atomic mass is 35.5. The number of hydrogen-bond donors (Lipinski definition) is 0. The SMILES string of the molecule is O=Cc1ccc(OCC(=O)N2CCOCC2)cc1Cl. The Bertz CT molecular complexity index is 472. The molecule has 0 bridgehead atoms. The van der Waals surface area contributed by atoms with Gasteiger partial charge in [0, 0.05) is 18.7 Å². The van der Waals surface area contributed by atoms with Crippen molar-refractivity contribution in [3.8, 4) is 5.75 Å². The molecule has 0 aliphatic carbocycles. The van der Waals surface area contributed by atoms with Crippen LogP contribution in [0.25, 0.3) is 0 Å². The number of nitrogens with zero attached hydrogens (tertiary/aromatic N) is 1. The lowest BCUT2D eigenvalue weighted by Crippen LogP contribution is -2.42. The van der Waals surface area contributed by atoms with Crippen LogP contribution in [0.4, 0.5) is 0 Å². The molecule has 1 aliphatic heterocycles. The fraction of sp³-hybridized carbons (Fsp3) is 0.385. The summed E-state index contributed by atoms with van der Waals surface area (Å²) < 4.78 is 10.5. The van der Waals surface area contributed by atoms with Gasteiger partial charge in [-0.3, -0.25) is 9.59 Å². The number of morpholine rings is 1. The lowest BCUT2D eigenvalue weighted by molar-refractivity contribution is -0.137. The molecule has 0 radical (unpaired) electrons. The fourth-order valence-electron chi connectivity index (χ4n) is 1.74. The van der Waals surface area contributed by atoms with Gasteiger partial charge in [-0.2, -0.15) is 0 Å². The van der Waals surface area contributed by atoms with Crippen LogP contribution >= 0.6 is 11.6 Å². The Balaban J connectivity index is 1.89. The first-order chi connectivity index (χ1) is 9.20. The third-order valence-corrected chi connectivity index (χ3v) is 3.15. The second-order valence-electron chi connectivity index (χ2n) is 4.08. The Morgan fingerprint density at radius 1 is 1.42 bits per heavy atom. The average molecular weight is 284 g/mol. The monoisotopic (exact) mass is 283 g/mol. The minimum absolute atomic E-state index is 0.0449. The maximum absolute atomic E-state index is 11.8. The van der Waals surface area contributed by atoms with Gasteiger partial charge in [-0.15, -0.1) is 0 Å². The van der Waals surface area contributed by atoms with Crippen LogP contribution in [0, 0.1) is 0 Å². The zero-order valence-corrected chi connectivity index (χ0v) is 11.1. The Morgan fingerprint density at radius 2 is 2.16 bits per heavy atom. The summed E-state index contributed by atoms with van der Waals surface area (Å²) in [5, 5.41) is 0.311. The van der Waals surface area contributed by atoms with Crippen molar-refractivity contribution in [2.45, 2.75) is 0 Å². The van der Waals surface area contributed by atoms with Crippen LogP contribution in [0.5, 0.6) is 5.75 Å². The largest absolute Gasteiger partial charge is 0.484 e. The molecule has 0 N–H and O–H groups in total. The minimum atomic E-state index is -0.0844. The molecular weight excluding hydrogens is 270 g/mol. The normalized spacial score (nSPS) is 15.1. The van der Waals surface area contributed by atoms with E-state index >= 15 is 0 Å². The Kier molecular flexibility index (Phi) is 4.76. The number of aldehydes is 1. The van der Waals surface area contributed by atoms with E-state index in [1.807, 2.05) is 0 Å². The van der Waals surface area contributed by atoms with Crippen LogP contribution in [-0.2, 0) is 9.53 Å². The molecule has 5 nitrogen and oxygen atoms in total. The van der Waals surface area contributed by atoms with E-state index in [0.717, 1.165) is 0 Å². The molecule has 1 aromatic rings. The third-order valence-electron chi connectivity index (χ3n) is 2.82. The molecule has 1 saturated heterocycles. The van der Waals surface area contributed by atoms with Crippen LogP contribution in [0.3, 0.4) is 0 Å². The number of carbonyl (C=O) groups is 2. The molecule has 1 aromatic carbocycles. The van der Waals surface area contributed by atoms with Crippen molar-refractivity contribution in [1.82, 2.24) is 4.90 Å². The molecule has 2 rings (SSSR count). The van der Waals surface area contributed by atoms with Crippen molar-refractivity contribution in [2.75, 3.05) is 32.9 Å². The summed E-state index contributed by atoms with van der Waals surface area (Å²) >= 11 is 5.87. The highest BCUT2D eigenvalue weighted by Gasteiger charge is 2.17. The van der Waals surface area contributed by atoms with E-state index in [4.69, 9.17) is 21.1 Å². The number of carbonyl (C=O) groups excluding carboxylic acids is 2. The lowest BCUT2D eigenvalue weighted by Gasteiger charge is -2.26. The second kappa shape index (κ2) is 6.54. The molecule has 1 amide bonds.